The Morgan fingerprint density at radius 2 is 1.88 bits per heavy atom. The van der Waals surface area contributed by atoms with Gasteiger partial charge in [0.05, 0.1) is 14.2 Å². The SMILES string of the molecule is COC(=O)c1cc(COc2ccc(Cl)cc2OC)cc(NC(C)(C)C)n1. The van der Waals surface area contributed by atoms with E-state index in [4.69, 9.17) is 25.8 Å². The van der Waals surface area contributed by atoms with Gasteiger partial charge in [0.15, 0.2) is 17.2 Å². The molecule has 0 fully saturated rings. The molecular weight excluding hydrogens is 356 g/mol. The summed E-state index contributed by atoms with van der Waals surface area (Å²) in [5.74, 6) is 1.15. The zero-order chi connectivity index (χ0) is 19.3. The molecule has 0 bridgehead atoms. The van der Waals surface area contributed by atoms with Crippen LogP contribution in [0, 0.1) is 0 Å². The van der Waals surface area contributed by atoms with E-state index in [9.17, 15) is 4.79 Å². The van der Waals surface area contributed by atoms with Crippen molar-refractivity contribution in [2.75, 3.05) is 19.5 Å². The molecule has 140 valence electrons. The number of aromatic nitrogens is 1. The summed E-state index contributed by atoms with van der Waals surface area (Å²) in [6.45, 7) is 6.25. The number of halogens is 1. The molecule has 26 heavy (non-hydrogen) atoms. The molecule has 0 aliphatic rings. The van der Waals surface area contributed by atoms with Gasteiger partial charge in [-0.2, -0.15) is 0 Å². The summed E-state index contributed by atoms with van der Waals surface area (Å²) in [6.07, 6.45) is 0. The second kappa shape index (κ2) is 8.27. The third kappa shape index (κ3) is 5.52. The quantitative estimate of drug-likeness (QED) is 0.755. The van der Waals surface area contributed by atoms with Crippen LogP contribution in [0.4, 0.5) is 5.82 Å². The highest BCUT2D eigenvalue weighted by Crippen LogP contribution is 2.30. The number of methoxy groups -OCH3 is 2. The molecule has 1 aromatic heterocycles. The first-order valence-electron chi connectivity index (χ1n) is 8.05. The predicted molar refractivity (Wildman–Crippen MR) is 101 cm³/mol. The molecule has 2 aromatic rings. The molecule has 0 saturated carbocycles. The molecule has 0 unspecified atom stereocenters. The van der Waals surface area contributed by atoms with Crippen LogP contribution in [-0.2, 0) is 11.3 Å². The van der Waals surface area contributed by atoms with Gasteiger partial charge in [0.25, 0.3) is 0 Å². The fraction of sp³-hybridized carbons (Fsp3) is 0.368. The highest BCUT2D eigenvalue weighted by molar-refractivity contribution is 6.30. The Morgan fingerprint density at radius 1 is 1.15 bits per heavy atom. The van der Waals surface area contributed by atoms with Crippen molar-refractivity contribution in [1.82, 2.24) is 4.98 Å². The van der Waals surface area contributed by atoms with Gasteiger partial charge in [-0.25, -0.2) is 9.78 Å². The van der Waals surface area contributed by atoms with Crippen LogP contribution in [0.5, 0.6) is 11.5 Å². The lowest BCUT2D eigenvalue weighted by atomic mass is 10.1. The van der Waals surface area contributed by atoms with E-state index in [1.807, 2.05) is 26.8 Å². The third-order valence-corrected chi connectivity index (χ3v) is 3.54. The van der Waals surface area contributed by atoms with Crippen LogP contribution >= 0.6 is 11.6 Å². The maximum Gasteiger partial charge on any atom is 0.356 e. The number of ether oxygens (including phenoxy) is 3. The van der Waals surface area contributed by atoms with Crippen LogP contribution in [0.1, 0.15) is 36.8 Å². The first kappa shape index (κ1) is 19.8. The van der Waals surface area contributed by atoms with Crippen LogP contribution in [0.25, 0.3) is 0 Å². The van der Waals surface area contributed by atoms with Crippen LogP contribution < -0.4 is 14.8 Å². The lowest BCUT2D eigenvalue weighted by Gasteiger charge is -2.22. The molecule has 0 atom stereocenters. The van der Waals surface area contributed by atoms with Crippen molar-refractivity contribution in [1.29, 1.82) is 0 Å². The van der Waals surface area contributed by atoms with Crippen molar-refractivity contribution < 1.29 is 19.0 Å². The number of esters is 1. The topological polar surface area (TPSA) is 69.7 Å². The number of benzene rings is 1. The molecular formula is C19H23ClN2O4. The van der Waals surface area contributed by atoms with Gasteiger partial charge in [-0.1, -0.05) is 11.6 Å². The van der Waals surface area contributed by atoms with Crippen LogP contribution in [-0.4, -0.2) is 30.7 Å². The number of rotatable bonds is 6. The van der Waals surface area contributed by atoms with E-state index in [2.05, 4.69) is 10.3 Å². The summed E-state index contributed by atoms with van der Waals surface area (Å²) in [7, 11) is 2.87. The Hall–Kier alpha value is -2.47. The number of anilines is 1. The first-order valence-corrected chi connectivity index (χ1v) is 8.43. The van der Waals surface area contributed by atoms with Crippen molar-refractivity contribution in [3.8, 4) is 11.5 Å². The average molecular weight is 379 g/mol. The Labute approximate surface area is 158 Å². The molecule has 0 amide bonds. The fourth-order valence-electron chi connectivity index (χ4n) is 2.25. The first-order chi connectivity index (χ1) is 12.2. The fourth-order valence-corrected chi connectivity index (χ4v) is 2.41. The van der Waals surface area contributed by atoms with Gasteiger partial charge in [-0.15, -0.1) is 0 Å². The number of pyridine rings is 1. The highest BCUT2D eigenvalue weighted by atomic mass is 35.5. The molecule has 0 radical (unpaired) electrons. The van der Waals surface area contributed by atoms with Crippen molar-refractivity contribution >= 4 is 23.4 Å². The van der Waals surface area contributed by atoms with Gasteiger partial charge in [0, 0.05) is 16.6 Å². The molecule has 1 heterocycles. The number of hydrogen-bond donors (Lipinski definition) is 1. The van der Waals surface area contributed by atoms with E-state index in [-0.39, 0.29) is 17.8 Å². The van der Waals surface area contributed by atoms with E-state index in [0.717, 1.165) is 5.56 Å². The predicted octanol–water partition coefficient (Wildman–Crippen LogP) is 4.32. The van der Waals surface area contributed by atoms with Gasteiger partial charge in [0.2, 0.25) is 0 Å². The Kier molecular flexibility index (Phi) is 6.32. The molecule has 1 N–H and O–H groups in total. The standard InChI is InChI=1S/C19H23ClN2O4/c1-19(2,3)22-17-9-12(8-14(21-17)18(23)25-5)11-26-15-7-6-13(20)10-16(15)24-4/h6-10H,11H2,1-5H3,(H,21,22). The number of hydrogen-bond acceptors (Lipinski definition) is 6. The summed E-state index contributed by atoms with van der Waals surface area (Å²) in [5.41, 5.74) is 0.770. The van der Waals surface area contributed by atoms with Gasteiger partial charge < -0.3 is 19.5 Å². The van der Waals surface area contributed by atoms with Crippen LogP contribution in [0.3, 0.4) is 0 Å². The Morgan fingerprint density at radius 3 is 2.50 bits per heavy atom. The van der Waals surface area contributed by atoms with E-state index >= 15 is 0 Å². The van der Waals surface area contributed by atoms with E-state index < -0.39 is 5.97 Å². The van der Waals surface area contributed by atoms with Crippen molar-refractivity contribution in [3.63, 3.8) is 0 Å². The molecule has 2 rings (SSSR count). The summed E-state index contributed by atoms with van der Waals surface area (Å²) >= 11 is 5.96. The molecule has 0 spiro atoms. The lowest BCUT2D eigenvalue weighted by molar-refractivity contribution is 0.0594. The van der Waals surface area contributed by atoms with Gasteiger partial charge >= 0.3 is 5.97 Å². The van der Waals surface area contributed by atoms with E-state index in [1.54, 1.807) is 31.4 Å². The average Bonchev–Trinajstić information content (AvgIpc) is 2.58. The van der Waals surface area contributed by atoms with Gasteiger partial charge in [-0.05, 0) is 50.6 Å². The summed E-state index contributed by atoms with van der Waals surface area (Å²) in [5, 5.41) is 3.81. The molecule has 0 aliphatic heterocycles. The van der Waals surface area contributed by atoms with Crippen molar-refractivity contribution in [2.24, 2.45) is 0 Å². The normalized spacial score (nSPS) is 11.0. The summed E-state index contributed by atoms with van der Waals surface area (Å²) < 4.78 is 15.9. The largest absolute Gasteiger partial charge is 0.493 e. The monoisotopic (exact) mass is 378 g/mol. The number of carbonyl (C=O) groups is 1. The van der Waals surface area contributed by atoms with Gasteiger partial charge in [-0.3, -0.25) is 0 Å². The summed E-state index contributed by atoms with van der Waals surface area (Å²) in [4.78, 5) is 16.2. The van der Waals surface area contributed by atoms with Gasteiger partial charge in [0.1, 0.15) is 12.4 Å². The molecule has 0 saturated heterocycles. The smallest absolute Gasteiger partial charge is 0.356 e. The van der Waals surface area contributed by atoms with Crippen molar-refractivity contribution in [3.05, 3.63) is 46.6 Å². The zero-order valence-corrected chi connectivity index (χ0v) is 16.3. The minimum atomic E-state index is -0.507. The molecule has 1 aromatic carbocycles. The Bertz CT molecular complexity index is 788. The number of carbonyl (C=O) groups excluding carboxylic acids is 1. The molecule has 6 nitrogen and oxygen atoms in total. The molecule has 7 heteroatoms. The van der Waals surface area contributed by atoms with Crippen LogP contribution in [0.2, 0.25) is 5.02 Å². The van der Waals surface area contributed by atoms with Crippen LogP contribution in [0.15, 0.2) is 30.3 Å². The third-order valence-electron chi connectivity index (χ3n) is 3.30. The Balaban J connectivity index is 2.27. The highest BCUT2D eigenvalue weighted by Gasteiger charge is 2.16. The minimum Gasteiger partial charge on any atom is -0.493 e. The van der Waals surface area contributed by atoms with E-state index in [1.165, 1.54) is 7.11 Å². The second-order valence-electron chi connectivity index (χ2n) is 6.70. The molecule has 0 aliphatic carbocycles. The number of nitrogens with one attached hydrogen (secondary N) is 1. The van der Waals surface area contributed by atoms with E-state index in [0.29, 0.717) is 22.3 Å². The lowest BCUT2D eigenvalue weighted by Crippen LogP contribution is -2.27. The number of nitrogens with zero attached hydrogens (tertiary/aromatic N) is 1. The second-order valence-corrected chi connectivity index (χ2v) is 7.13. The van der Waals surface area contributed by atoms with Crippen molar-refractivity contribution in [2.45, 2.75) is 32.9 Å². The zero-order valence-electron chi connectivity index (χ0n) is 15.6. The minimum absolute atomic E-state index is 0.209. The summed E-state index contributed by atoms with van der Waals surface area (Å²) in [6, 6.07) is 8.61. The maximum atomic E-state index is 11.9. The maximum absolute atomic E-state index is 11.9.